The molecule has 0 saturated carbocycles. The van der Waals surface area contributed by atoms with Gasteiger partial charge in [0.05, 0.1) is 6.61 Å². The minimum Gasteiger partial charge on any atom is -0.465 e. The molecule has 0 aromatic heterocycles. The molecule has 0 aliphatic heterocycles. The highest BCUT2D eigenvalue weighted by atomic mass is 16.5. The van der Waals surface area contributed by atoms with Crippen LogP contribution in [-0.4, -0.2) is 12.6 Å². The Morgan fingerprint density at radius 2 is 2.00 bits per heavy atom. The van der Waals surface area contributed by atoms with Crippen LogP contribution in [0.15, 0.2) is 12.2 Å². The van der Waals surface area contributed by atoms with E-state index in [1.54, 1.807) is 0 Å². The third kappa shape index (κ3) is 9.27. The molecule has 0 rings (SSSR count). The molecule has 0 aliphatic carbocycles. The lowest BCUT2D eigenvalue weighted by Gasteiger charge is -2.11. The standard InChI is InChI=1S/C15H20O2/c1-4-7-8-9-12-15(16)17-13-14(10-5-2)11-6-3/h2-4,7,14H,8-13H2,1H3/b7-4-. The average molecular weight is 232 g/mol. The number of carbonyl (C=O) groups is 1. The molecule has 92 valence electrons. The van der Waals surface area contributed by atoms with E-state index < -0.39 is 0 Å². The maximum atomic E-state index is 11.4. The third-order valence-electron chi connectivity index (χ3n) is 2.28. The van der Waals surface area contributed by atoms with E-state index in [9.17, 15) is 4.79 Å². The molecule has 0 aromatic carbocycles. The van der Waals surface area contributed by atoms with Crippen molar-refractivity contribution in [3.8, 4) is 24.7 Å². The number of allylic oxidation sites excluding steroid dienone is 2. The molecule has 0 fully saturated rings. The van der Waals surface area contributed by atoms with Gasteiger partial charge in [-0.1, -0.05) is 12.2 Å². The van der Waals surface area contributed by atoms with Gasteiger partial charge in [0.2, 0.25) is 0 Å². The van der Waals surface area contributed by atoms with E-state index in [4.69, 9.17) is 17.6 Å². The Morgan fingerprint density at radius 3 is 2.53 bits per heavy atom. The molecule has 0 saturated heterocycles. The monoisotopic (exact) mass is 232 g/mol. The molecule has 2 nitrogen and oxygen atoms in total. The van der Waals surface area contributed by atoms with Gasteiger partial charge in [-0.15, -0.1) is 24.7 Å². The van der Waals surface area contributed by atoms with Crippen molar-refractivity contribution in [2.75, 3.05) is 6.61 Å². The highest BCUT2D eigenvalue weighted by molar-refractivity contribution is 5.69. The Morgan fingerprint density at radius 1 is 1.35 bits per heavy atom. The summed E-state index contributed by atoms with van der Waals surface area (Å²) in [5.74, 6) is 5.00. The minimum atomic E-state index is -0.173. The maximum Gasteiger partial charge on any atom is 0.305 e. The molecular formula is C15H20O2. The second-order valence-electron chi connectivity index (χ2n) is 3.83. The van der Waals surface area contributed by atoms with Crippen LogP contribution in [0.25, 0.3) is 0 Å². The fourth-order valence-electron chi connectivity index (χ4n) is 1.34. The lowest BCUT2D eigenvalue weighted by atomic mass is 10.0. The van der Waals surface area contributed by atoms with Gasteiger partial charge in [-0.2, -0.15) is 0 Å². The Hall–Kier alpha value is -1.67. The van der Waals surface area contributed by atoms with Crippen molar-refractivity contribution in [2.24, 2.45) is 5.92 Å². The smallest absolute Gasteiger partial charge is 0.305 e. The first kappa shape index (κ1) is 15.3. The number of hydrogen-bond donors (Lipinski definition) is 0. The first-order valence-electron chi connectivity index (χ1n) is 5.88. The lowest BCUT2D eigenvalue weighted by Crippen LogP contribution is -2.13. The lowest BCUT2D eigenvalue weighted by molar-refractivity contribution is -0.145. The molecule has 0 unspecified atom stereocenters. The first-order valence-corrected chi connectivity index (χ1v) is 5.88. The Labute approximate surface area is 104 Å². The van der Waals surface area contributed by atoms with Crippen molar-refractivity contribution >= 4 is 5.97 Å². The van der Waals surface area contributed by atoms with Crippen molar-refractivity contribution < 1.29 is 9.53 Å². The largest absolute Gasteiger partial charge is 0.465 e. The number of unbranched alkanes of at least 4 members (excludes halogenated alkanes) is 1. The summed E-state index contributed by atoms with van der Waals surface area (Å²) in [6.45, 7) is 2.29. The van der Waals surface area contributed by atoms with Crippen molar-refractivity contribution in [3.63, 3.8) is 0 Å². The van der Waals surface area contributed by atoms with Gasteiger partial charge in [0.25, 0.3) is 0 Å². The highest BCUT2D eigenvalue weighted by Crippen LogP contribution is 2.09. The van der Waals surface area contributed by atoms with Crippen molar-refractivity contribution in [3.05, 3.63) is 12.2 Å². The van der Waals surface area contributed by atoms with E-state index in [1.165, 1.54) is 0 Å². The highest BCUT2D eigenvalue weighted by Gasteiger charge is 2.09. The van der Waals surface area contributed by atoms with Gasteiger partial charge in [0.15, 0.2) is 0 Å². The molecular weight excluding hydrogens is 212 g/mol. The van der Waals surface area contributed by atoms with Crippen LogP contribution in [-0.2, 0) is 9.53 Å². The average Bonchev–Trinajstić information content (AvgIpc) is 2.32. The van der Waals surface area contributed by atoms with Crippen molar-refractivity contribution in [1.29, 1.82) is 0 Å². The summed E-state index contributed by atoms with van der Waals surface area (Å²) in [7, 11) is 0. The second kappa shape index (κ2) is 10.8. The summed E-state index contributed by atoms with van der Waals surface area (Å²) in [4.78, 5) is 11.4. The summed E-state index contributed by atoms with van der Waals surface area (Å²) in [5, 5.41) is 0. The molecule has 0 N–H and O–H groups in total. The fraction of sp³-hybridized carbons (Fsp3) is 0.533. The summed E-state index contributed by atoms with van der Waals surface area (Å²) in [6, 6.07) is 0. The topological polar surface area (TPSA) is 26.3 Å². The predicted octanol–water partition coefficient (Wildman–Crippen LogP) is 2.94. The molecule has 0 spiro atoms. The van der Waals surface area contributed by atoms with Crippen molar-refractivity contribution in [2.45, 2.75) is 39.0 Å². The zero-order chi connectivity index (χ0) is 12.9. The minimum absolute atomic E-state index is 0.0875. The van der Waals surface area contributed by atoms with Gasteiger partial charge >= 0.3 is 5.97 Å². The van der Waals surface area contributed by atoms with E-state index in [-0.39, 0.29) is 11.9 Å². The van der Waals surface area contributed by atoms with Gasteiger partial charge in [0.1, 0.15) is 0 Å². The summed E-state index contributed by atoms with van der Waals surface area (Å²) in [5.41, 5.74) is 0. The number of ether oxygens (including phenoxy) is 1. The summed E-state index contributed by atoms with van der Waals surface area (Å²) >= 11 is 0. The van der Waals surface area contributed by atoms with Crippen LogP contribution in [0.2, 0.25) is 0 Å². The van der Waals surface area contributed by atoms with Gasteiger partial charge in [-0.3, -0.25) is 4.79 Å². The third-order valence-corrected chi connectivity index (χ3v) is 2.28. The van der Waals surface area contributed by atoms with E-state index in [1.807, 2.05) is 19.1 Å². The van der Waals surface area contributed by atoms with Crippen LogP contribution in [0, 0.1) is 30.6 Å². The van der Waals surface area contributed by atoms with Gasteiger partial charge in [0, 0.05) is 25.2 Å². The first-order chi connectivity index (χ1) is 8.24. The van der Waals surface area contributed by atoms with E-state index in [0.717, 1.165) is 12.8 Å². The van der Waals surface area contributed by atoms with Crippen LogP contribution in [0.5, 0.6) is 0 Å². The molecule has 17 heavy (non-hydrogen) atoms. The molecule has 0 amide bonds. The van der Waals surface area contributed by atoms with E-state index in [0.29, 0.717) is 25.9 Å². The van der Waals surface area contributed by atoms with Crippen LogP contribution < -0.4 is 0 Å². The second-order valence-corrected chi connectivity index (χ2v) is 3.83. The maximum absolute atomic E-state index is 11.4. The zero-order valence-corrected chi connectivity index (χ0v) is 10.4. The predicted molar refractivity (Wildman–Crippen MR) is 70.0 cm³/mol. The zero-order valence-electron chi connectivity index (χ0n) is 10.4. The quantitative estimate of drug-likeness (QED) is 0.278. The number of esters is 1. The van der Waals surface area contributed by atoms with E-state index >= 15 is 0 Å². The Bertz CT molecular complexity index is 299. The fourth-order valence-corrected chi connectivity index (χ4v) is 1.34. The van der Waals surface area contributed by atoms with Gasteiger partial charge in [-0.05, 0) is 19.8 Å². The molecule has 2 heteroatoms. The van der Waals surface area contributed by atoms with Gasteiger partial charge in [-0.25, -0.2) is 0 Å². The van der Waals surface area contributed by atoms with Gasteiger partial charge < -0.3 is 4.74 Å². The summed E-state index contributed by atoms with van der Waals surface area (Å²) in [6.07, 6.45) is 17.7. The summed E-state index contributed by atoms with van der Waals surface area (Å²) < 4.78 is 5.14. The number of hydrogen-bond acceptors (Lipinski definition) is 2. The van der Waals surface area contributed by atoms with E-state index in [2.05, 4.69) is 11.8 Å². The molecule has 0 bridgehead atoms. The SMILES string of the molecule is C#CCC(CC#C)COC(=O)CCC/C=C\C. The van der Waals surface area contributed by atoms with Crippen LogP contribution in [0.4, 0.5) is 0 Å². The molecule has 0 aliphatic rings. The normalized spacial score (nSPS) is 10.1. The van der Waals surface area contributed by atoms with Crippen molar-refractivity contribution in [1.82, 2.24) is 0 Å². The number of carbonyl (C=O) groups excluding carboxylic acids is 1. The molecule has 0 atom stereocenters. The number of rotatable bonds is 8. The number of terminal acetylenes is 2. The van der Waals surface area contributed by atoms with Crippen LogP contribution in [0.1, 0.15) is 39.0 Å². The Balaban J connectivity index is 3.73. The molecule has 0 radical (unpaired) electrons. The van der Waals surface area contributed by atoms with Crippen LogP contribution in [0.3, 0.4) is 0 Å². The Kier molecular flexibility index (Phi) is 9.77. The van der Waals surface area contributed by atoms with Crippen LogP contribution >= 0.6 is 0 Å². The molecule has 0 aromatic rings. The molecule has 0 heterocycles.